The minimum atomic E-state index is -4.71. The fourth-order valence-corrected chi connectivity index (χ4v) is 2.02. The van der Waals surface area contributed by atoms with E-state index in [-0.39, 0.29) is 5.56 Å². The monoisotopic (exact) mass is 283 g/mol. The van der Waals surface area contributed by atoms with Gasteiger partial charge in [0.05, 0.1) is 11.1 Å². The van der Waals surface area contributed by atoms with Gasteiger partial charge in [-0.25, -0.2) is 4.39 Å². The summed E-state index contributed by atoms with van der Waals surface area (Å²) in [6.45, 7) is 1.63. The highest BCUT2D eigenvalue weighted by Crippen LogP contribution is 2.34. The molecule has 0 aromatic heterocycles. The van der Waals surface area contributed by atoms with E-state index in [4.69, 9.17) is 5.73 Å². The molecule has 20 heavy (non-hydrogen) atoms. The summed E-state index contributed by atoms with van der Waals surface area (Å²) in [5, 5.41) is 0. The van der Waals surface area contributed by atoms with Crippen LogP contribution < -0.4 is 5.73 Å². The third-order valence-corrected chi connectivity index (χ3v) is 3.25. The zero-order valence-corrected chi connectivity index (χ0v) is 10.7. The van der Waals surface area contributed by atoms with Gasteiger partial charge < -0.3 is 5.73 Å². The number of halogens is 4. The van der Waals surface area contributed by atoms with Gasteiger partial charge in [-0.05, 0) is 30.2 Å². The smallest absolute Gasteiger partial charge is 0.318 e. The number of benzene rings is 2. The molecule has 2 N–H and O–H groups in total. The maximum absolute atomic E-state index is 13.6. The molecule has 106 valence electrons. The summed E-state index contributed by atoms with van der Waals surface area (Å²) < 4.78 is 51.2. The van der Waals surface area contributed by atoms with Gasteiger partial charge in [-0.3, -0.25) is 0 Å². The molecular weight excluding hydrogens is 270 g/mol. The van der Waals surface area contributed by atoms with Gasteiger partial charge in [0.25, 0.3) is 0 Å². The molecule has 0 fully saturated rings. The van der Waals surface area contributed by atoms with Crippen LogP contribution in [0.2, 0.25) is 0 Å². The minimum absolute atomic E-state index is 0.286. The Kier molecular flexibility index (Phi) is 3.56. The Bertz CT molecular complexity index is 603. The largest absolute Gasteiger partial charge is 0.419 e. The molecular formula is C15H13F4N. The van der Waals surface area contributed by atoms with Crippen LogP contribution in [-0.4, -0.2) is 0 Å². The molecule has 0 aliphatic heterocycles. The highest BCUT2D eigenvalue weighted by molar-refractivity contribution is 5.39. The maximum Gasteiger partial charge on any atom is 0.419 e. The second kappa shape index (κ2) is 4.90. The van der Waals surface area contributed by atoms with E-state index in [1.165, 1.54) is 6.07 Å². The van der Waals surface area contributed by atoms with Crippen LogP contribution in [-0.2, 0) is 11.7 Å². The SMILES string of the molecule is CC(N)(c1ccccc1)c1ccc(C(F)(F)F)c(F)c1. The van der Waals surface area contributed by atoms with Crippen LogP contribution in [0.15, 0.2) is 48.5 Å². The Balaban J connectivity index is 2.47. The third-order valence-electron chi connectivity index (χ3n) is 3.25. The minimum Gasteiger partial charge on any atom is -0.318 e. The number of nitrogens with two attached hydrogens (primary N) is 1. The molecule has 2 aromatic rings. The summed E-state index contributed by atoms with van der Waals surface area (Å²) in [5.41, 5.74) is 4.77. The Hall–Kier alpha value is -1.88. The number of hydrogen-bond donors (Lipinski definition) is 1. The van der Waals surface area contributed by atoms with Crippen LogP contribution in [0, 0.1) is 5.82 Å². The predicted molar refractivity (Wildman–Crippen MR) is 68.5 cm³/mol. The van der Waals surface area contributed by atoms with Gasteiger partial charge in [0, 0.05) is 0 Å². The fourth-order valence-electron chi connectivity index (χ4n) is 2.02. The van der Waals surface area contributed by atoms with Crippen molar-refractivity contribution in [1.29, 1.82) is 0 Å². The molecule has 0 amide bonds. The number of rotatable bonds is 2. The normalized spacial score (nSPS) is 14.9. The molecule has 0 saturated carbocycles. The van der Waals surface area contributed by atoms with E-state index in [0.29, 0.717) is 5.56 Å². The lowest BCUT2D eigenvalue weighted by molar-refractivity contribution is -0.140. The van der Waals surface area contributed by atoms with Crippen molar-refractivity contribution in [1.82, 2.24) is 0 Å². The van der Waals surface area contributed by atoms with Crippen LogP contribution >= 0.6 is 0 Å². The number of alkyl halides is 3. The molecule has 1 atom stereocenters. The second-order valence-electron chi connectivity index (χ2n) is 4.76. The first-order valence-electron chi connectivity index (χ1n) is 5.94. The topological polar surface area (TPSA) is 26.0 Å². The quantitative estimate of drug-likeness (QED) is 0.826. The summed E-state index contributed by atoms with van der Waals surface area (Å²) in [6, 6.07) is 11.6. The summed E-state index contributed by atoms with van der Waals surface area (Å²) in [6.07, 6.45) is -4.71. The highest BCUT2D eigenvalue weighted by atomic mass is 19.4. The molecule has 2 aromatic carbocycles. The molecule has 0 bridgehead atoms. The van der Waals surface area contributed by atoms with Crippen LogP contribution in [0.25, 0.3) is 0 Å². The lowest BCUT2D eigenvalue weighted by Gasteiger charge is -2.26. The molecule has 0 radical (unpaired) electrons. The van der Waals surface area contributed by atoms with Crippen LogP contribution in [0.5, 0.6) is 0 Å². The first-order chi connectivity index (χ1) is 9.23. The van der Waals surface area contributed by atoms with E-state index in [1.807, 2.05) is 0 Å². The Labute approximate surface area is 114 Å². The van der Waals surface area contributed by atoms with E-state index < -0.39 is 23.1 Å². The van der Waals surface area contributed by atoms with E-state index in [1.54, 1.807) is 37.3 Å². The molecule has 0 aliphatic rings. The van der Waals surface area contributed by atoms with Crippen molar-refractivity contribution in [2.75, 3.05) is 0 Å². The zero-order valence-electron chi connectivity index (χ0n) is 10.7. The predicted octanol–water partition coefficient (Wildman–Crippen LogP) is 4.07. The molecule has 1 unspecified atom stereocenters. The van der Waals surface area contributed by atoms with E-state index in [0.717, 1.165) is 12.1 Å². The lowest BCUT2D eigenvalue weighted by atomic mass is 9.85. The van der Waals surface area contributed by atoms with Gasteiger partial charge in [-0.2, -0.15) is 13.2 Å². The molecule has 2 rings (SSSR count). The molecule has 1 nitrogen and oxygen atoms in total. The molecule has 0 aliphatic carbocycles. The van der Waals surface area contributed by atoms with Gasteiger partial charge in [0.15, 0.2) is 0 Å². The molecule has 0 saturated heterocycles. The Morgan fingerprint density at radius 1 is 0.900 bits per heavy atom. The lowest BCUT2D eigenvalue weighted by Crippen LogP contribution is -2.34. The van der Waals surface area contributed by atoms with Crippen molar-refractivity contribution >= 4 is 0 Å². The van der Waals surface area contributed by atoms with Crippen LogP contribution in [0.3, 0.4) is 0 Å². The summed E-state index contributed by atoms with van der Waals surface area (Å²) >= 11 is 0. The highest BCUT2D eigenvalue weighted by Gasteiger charge is 2.35. The van der Waals surface area contributed by atoms with Crippen molar-refractivity contribution < 1.29 is 17.6 Å². The van der Waals surface area contributed by atoms with E-state index in [2.05, 4.69) is 0 Å². The second-order valence-corrected chi connectivity index (χ2v) is 4.76. The first kappa shape index (κ1) is 14.5. The van der Waals surface area contributed by atoms with Gasteiger partial charge in [0.2, 0.25) is 0 Å². The van der Waals surface area contributed by atoms with Gasteiger partial charge in [-0.1, -0.05) is 36.4 Å². The van der Waals surface area contributed by atoms with Gasteiger partial charge in [0.1, 0.15) is 5.82 Å². The van der Waals surface area contributed by atoms with Crippen molar-refractivity contribution in [2.24, 2.45) is 5.73 Å². The van der Waals surface area contributed by atoms with E-state index in [9.17, 15) is 17.6 Å². The standard InChI is InChI=1S/C15H13F4N/c1-14(20,10-5-3-2-4-6-10)11-7-8-12(13(16)9-11)15(17,18)19/h2-9H,20H2,1H3. The van der Waals surface area contributed by atoms with Crippen molar-refractivity contribution in [3.05, 3.63) is 71.0 Å². The van der Waals surface area contributed by atoms with Gasteiger partial charge in [-0.15, -0.1) is 0 Å². The van der Waals surface area contributed by atoms with Crippen LogP contribution in [0.4, 0.5) is 17.6 Å². The van der Waals surface area contributed by atoms with Crippen LogP contribution in [0.1, 0.15) is 23.6 Å². The molecule has 5 heteroatoms. The average molecular weight is 283 g/mol. The van der Waals surface area contributed by atoms with Crippen molar-refractivity contribution in [3.63, 3.8) is 0 Å². The summed E-state index contributed by atoms with van der Waals surface area (Å²) in [5.74, 6) is -1.32. The third kappa shape index (κ3) is 2.67. The summed E-state index contributed by atoms with van der Waals surface area (Å²) in [4.78, 5) is 0. The van der Waals surface area contributed by atoms with E-state index >= 15 is 0 Å². The first-order valence-corrected chi connectivity index (χ1v) is 5.94. The van der Waals surface area contributed by atoms with Crippen molar-refractivity contribution in [2.45, 2.75) is 18.6 Å². The van der Waals surface area contributed by atoms with Gasteiger partial charge >= 0.3 is 6.18 Å². The Morgan fingerprint density at radius 3 is 2.00 bits per heavy atom. The zero-order chi connectivity index (χ0) is 15.0. The summed E-state index contributed by atoms with van der Waals surface area (Å²) in [7, 11) is 0. The average Bonchev–Trinajstić information content (AvgIpc) is 2.38. The van der Waals surface area contributed by atoms with Crippen molar-refractivity contribution in [3.8, 4) is 0 Å². The number of hydrogen-bond acceptors (Lipinski definition) is 1. The fraction of sp³-hybridized carbons (Fsp3) is 0.200. The molecule has 0 spiro atoms. The maximum atomic E-state index is 13.6. The Morgan fingerprint density at radius 2 is 1.50 bits per heavy atom. The molecule has 0 heterocycles.